The van der Waals surface area contributed by atoms with Crippen LogP contribution in [0.25, 0.3) is 10.9 Å². The number of hydrogen-bond acceptors (Lipinski definition) is 1. The molecule has 0 aliphatic rings. The zero-order valence-corrected chi connectivity index (χ0v) is 11.2. The number of nitrogens with one attached hydrogen (secondary N) is 1. The van der Waals surface area contributed by atoms with Crippen molar-refractivity contribution in [2.45, 2.75) is 20.5 Å². The Bertz CT molecular complexity index is 695. The largest absolute Gasteiger partial charge is 0.487 e. The van der Waals surface area contributed by atoms with Gasteiger partial charge in [0.25, 0.3) is 0 Å². The summed E-state index contributed by atoms with van der Waals surface area (Å²) in [6, 6.07) is 16.6. The topological polar surface area (TPSA) is 25.0 Å². The first-order valence-corrected chi connectivity index (χ1v) is 6.49. The van der Waals surface area contributed by atoms with E-state index in [4.69, 9.17) is 4.74 Å². The lowest BCUT2D eigenvalue weighted by atomic mass is 10.2. The minimum Gasteiger partial charge on any atom is -0.487 e. The second-order valence-electron chi connectivity index (χ2n) is 4.94. The summed E-state index contributed by atoms with van der Waals surface area (Å²) >= 11 is 0. The summed E-state index contributed by atoms with van der Waals surface area (Å²) < 4.78 is 5.79. The van der Waals surface area contributed by atoms with Crippen molar-refractivity contribution in [1.29, 1.82) is 0 Å². The fourth-order valence-electron chi connectivity index (χ4n) is 2.24. The minimum absolute atomic E-state index is 0.567. The van der Waals surface area contributed by atoms with Crippen LogP contribution in [0, 0.1) is 13.8 Å². The fraction of sp³-hybridized carbons (Fsp3) is 0.176. The number of ether oxygens (including phenoxy) is 1. The fourth-order valence-corrected chi connectivity index (χ4v) is 2.24. The van der Waals surface area contributed by atoms with Crippen LogP contribution in [-0.2, 0) is 6.61 Å². The lowest BCUT2D eigenvalue weighted by molar-refractivity contribution is 0.302. The van der Waals surface area contributed by atoms with Crippen molar-refractivity contribution in [3.8, 4) is 5.75 Å². The maximum absolute atomic E-state index is 5.79. The van der Waals surface area contributed by atoms with Crippen molar-refractivity contribution in [1.82, 2.24) is 4.98 Å². The van der Waals surface area contributed by atoms with Crippen molar-refractivity contribution in [2.75, 3.05) is 0 Å². The summed E-state index contributed by atoms with van der Waals surface area (Å²) in [5.74, 6) is 0.904. The smallest absolute Gasteiger partial charge is 0.128 e. The highest BCUT2D eigenvalue weighted by molar-refractivity contribution is 5.83. The summed E-state index contributed by atoms with van der Waals surface area (Å²) in [5.41, 5.74) is 4.81. The van der Waals surface area contributed by atoms with E-state index in [1.807, 2.05) is 12.1 Å². The predicted octanol–water partition coefficient (Wildman–Crippen LogP) is 4.36. The Morgan fingerprint density at radius 1 is 1.00 bits per heavy atom. The monoisotopic (exact) mass is 251 g/mol. The molecular formula is C17H17NO. The van der Waals surface area contributed by atoms with E-state index in [0.717, 1.165) is 11.4 Å². The van der Waals surface area contributed by atoms with Gasteiger partial charge in [0.2, 0.25) is 0 Å². The summed E-state index contributed by atoms with van der Waals surface area (Å²) in [7, 11) is 0. The van der Waals surface area contributed by atoms with Crippen LogP contribution in [0.4, 0.5) is 0 Å². The first kappa shape index (κ1) is 11.8. The summed E-state index contributed by atoms with van der Waals surface area (Å²) in [4.78, 5) is 3.42. The van der Waals surface area contributed by atoms with Gasteiger partial charge in [-0.25, -0.2) is 0 Å². The van der Waals surface area contributed by atoms with E-state index in [2.05, 4.69) is 55.2 Å². The Balaban J connectivity index is 1.78. The van der Waals surface area contributed by atoms with E-state index in [1.165, 1.54) is 22.0 Å². The van der Waals surface area contributed by atoms with Gasteiger partial charge in [-0.2, -0.15) is 0 Å². The molecule has 0 unspecified atom stereocenters. The summed E-state index contributed by atoms with van der Waals surface area (Å²) in [5, 5.41) is 1.24. The average Bonchev–Trinajstić information content (AvgIpc) is 2.83. The number of rotatable bonds is 3. The Labute approximate surface area is 113 Å². The molecular weight excluding hydrogens is 234 g/mol. The van der Waals surface area contributed by atoms with Crippen molar-refractivity contribution in [3.05, 3.63) is 65.4 Å². The number of para-hydroxylation sites is 1. The summed E-state index contributed by atoms with van der Waals surface area (Å²) in [6.07, 6.45) is 0. The summed E-state index contributed by atoms with van der Waals surface area (Å²) in [6.45, 7) is 4.75. The second-order valence-corrected chi connectivity index (χ2v) is 4.94. The van der Waals surface area contributed by atoms with E-state index >= 15 is 0 Å². The molecule has 96 valence electrons. The highest BCUT2D eigenvalue weighted by atomic mass is 16.5. The Morgan fingerprint density at radius 2 is 1.79 bits per heavy atom. The molecule has 2 aromatic carbocycles. The number of hydrogen-bond donors (Lipinski definition) is 1. The molecule has 2 heteroatoms. The highest BCUT2D eigenvalue weighted by Crippen LogP contribution is 2.20. The lowest BCUT2D eigenvalue weighted by Gasteiger charge is -2.04. The van der Waals surface area contributed by atoms with Gasteiger partial charge in [0.05, 0.1) is 5.69 Å². The molecule has 0 bridgehead atoms. The third-order valence-corrected chi connectivity index (χ3v) is 3.34. The third kappa shape index (κ3) is 2.48. The first-order chi connectivity index (χ1) is 9.22. The van der Waals surface area contributed by atoms with Crippen LogP contribution >= 0.6 is 0 Å². The van der Waals surface area contributed by atoms with Crippen LogP contribution in [0.5, 0.6) is 5.75 Å². The molecule has 1 heterocycles. The van der Waals surface area contributed by atoms with E-state index in [9.17, 15) is 0 Å². The van der Waals surface area contributed by atoms with Gasteiger partial charge < -0.3 is 9.72 Å². The van der Waals surface area contributed by atoms with Crippen LogP contribution in [0.15, 0.2) is 48.5 Å². The Morgan fingerprint density at radius 3 is 2.53 bits per heavy atom. The van der Waals surface area contributed by atoms with Crippen LogP contribution in [0.2, 0.25) is 0 Å². The quantitative estimate of drug-likeness (QED) is 0.735. The van der Waals surface area contributed by atoms with E-state index in [1.54, 1.807) is 0 Å². The normalized spacial score (nSPS) is 10.8. The Kier molecular flexibility index (Phi) is 3.00. The molecule has 3 rings (SSSR count). The molecule has 1 N–H and O–H groups in total. The number of aromatic amines is 1. The van der Waals surface area contributed by atoms with Crippen molar-refractivity contribution in [2.24, 2.45) is 0 Å². The number of aromatic nitrogens is 1. The molecule has 0 atom stereocenters. The van der Waals surface area contributed by atoms with Gasteiger partial charge in [-0.05, 0) is 37.6 Å². The number of aryl methyl sites for hydroxylation is 2. The van der Waals surface area contributed by atoms with Gasteiger partial charge in [-0.15, -0.1) is 0 Å². The molecule has 0 spiro atoms. The predicted molar refractivity (Wildman–Crippen MR) is 78.5 cm³/mol. The van der Waals surface area contributed by atoms with Gasteiger partial charge in [-0.3, -0.25) is 0 Å². The second kappa shape index (κ2) is 4.81. The van der Waals surface area contributed by atoms with Crippen LogP contribution in [-0.4, -0.2) is 4.98 Å². The molecule has 0 saturated carbocycles. The van der Waals surface area contributed by atoms with Gasteiger partial charge in [0.1, 0.15) is 12.4 Å². The molecule has 19 heavy (non-hydrogen) atoms. The maximum atomic E-state index is 5.79. The minimum atomic E-state index is 0.567. The SMILES string of the molecule is Cc1ccc(OCc2cc3cccc(C)c3[nH]2)cc1. The van der Waals surface area contributed by atoms with Crippen molar-refractivity contribution >= 4 is 10.9 Å². The van der Waals surface area contributed by atoms with Gasteiger partial charge in [0.15, 0.2) is 0 Å². The molecule has 0 amide bonds. The van der Waals surface area contributed by atoms with Gasteiger partial charge in [-0.1, -0.05) is 35.9 Å². The number of benzene rings is 2. The number of H-pyrrole nitrogens is 1. The molecule has 3 aromatic rings. The molecule has 0 saturated heterocycles. The molecule has 2 nitrogen and oxygen atoms in total. The molecule has 0 aliphatic heterocycles. The molecule has 0 radical (unpaired) electrons. The van der Waals surface area contributed by atoms with Crippen LogP contribution in [0.1, 0.15) is 16.8 Å². The van der Waals surface area contributed by atoms with E-state index < -0.39 is 0 Å². The van der Waals surface area contributed by atoms with Gasteiger partial charge in [0, 0.05) is 10.9 Å². The van der Waals surface area contributed by atoms with Crippen LogP contribution in [0.3, 0.4) is 0 Å². The Hall–Kier alpha value is -2.22. The highest BCUT2D eigenvalue weighted by Gasteiger charge is 2.03. The lowest BCUT2D eigenvalue weighted by Crippen LogP contribution is -1.95. The van der Waals surface area contributed by atoms with Gasteiger partial charge >= 0.3 is 0 Å². The average molecular weight is 251 g/mol. The molecule has 1 aromatic heterocycles. The third-order valence-electron chi connectivity index (χ3n) is 3.34. The van der Waals surface area contributed by atoms with Crippen LogP contribution < -0.4 is 4.74 Å². The zero-order chi connectivity index (χ0) is 13.2. The first-order valence-electron chi connectivity index (χ1n) is 6.49. The molecule has 0 aliphatic carbocycles. The maximum Gasteiger partial charge on any atom is 0.128 e. The standard InChI is InChI=1S/C17H17NO/c1-12-6-8-16(9-7-12)19-11-15-10-14-5-3-4-13(2)17(14)18-15/h3-10,18H,11H2,1-2H3. The van der Waals surface area contributed by atoms with Crippen molar-refractivity contribution < 1.29 is 4.74 Å². The van der Waals surface area contributed by atoms with Crippen molar-refractivity contribution in [3.63, 3.8) is 0 Å². The zero-order valence-electron chi connectivity index (χ0n) is 11.2. The molecule has 0 fully saturated rings. The van der Waals surface area contributed by atoms with E-state index in [-0.39, 0.29) is 0 Å². The van der Waals surface area contributed by atoms with E-state index in [0.29, 0.717) is 6.61 Å². The number of fused-ring (bicyclic) bond motifs is 1.